The number of hydrogen-bond donors (Lipinski definition) is 1. The Morgan fingerprint density at radius 2 is 1.95 bits per heavy atom. The van der Waals surface area contributed by atoms with E-state index in [4.69, 9.17) is 16.4 Å². The van der Waals surface area contributed by atoms with Crippen LogP contribution in [0.25, 0.3) is 0 Å². The smallest absolute Gasteiger partial charge is 0.388 e. The van der Waals surface area contributed by atoms with Crippen LogP contribution in [0.3, 0.4) is 0 Å². The Balaban J connectivity index is 3.54. The number of pyridine rings is 1. The van der Waals surface area contributed by atoms with Gasteiger partial charge in [0.1, 0.15) is 10.6 Å². The number of nitrogens with zero attached hydrogens (tertiary/aromatic N) is 1. The quantitative estimate of drug-likeness (QED) is 0.672. The summed E-state index contributed by atoms with van der Waals surface area (Å²) in [6.07, 6.45) is -8.67. The summed E-state index contributed by atoms with van der Waals surface area (Å²) in [7, 11) is 0.283. The number of ether oxygens (including phenoxy) is 1. The van der Waals surface area contributed by atoms with Crippen molar-refractivity contribution >= 4 is 19.7 Å². The maximum atomic E-state index is 12.7. The van der Waals surface area contributed by atoms with Gasteiger partial charge in [0.15, 0.2) is 0 Å². The van der Waals surface area contributed by atoms with Gasteiger partial charge in [0.25, 0.3) is 15.5 Å². The predicted octanol–water partition coefficient (Wildman–Crippen LogP) is 2.30. The second kappa shape index (κ2) is 5.66. The van der Waals surface area contributed by atoms with Crippen LogP contribution in [-0.2, 0) is 15.6 Å². The molecule has 0 aliphatic carbocycles. The summed E-state index contributed by atoms with van der Waals surface area (Å²) < 4.78 is 87.2. The van der Waals surface area contributed by atoms with Crippen molar-refractivity contribution in [2.75, 3.05) is 0 Å². The van der Waals surface area contributed by atoms with Crippen LogP contribution in [0.5, 0.6) is 5.88 Å². The van der Waals surface area contributed by atoms with E-state index in [2.05, 4.69) is 9.72 Å². The molecule has 0 aliphatic heterocycles. The van der Waals surface area contributed by atoms with E-state index in [0.29, 0.717) is 6.07 Å². The molecule has 114 valence electrons. The van der Waals surface area contributed by atoms with Crippen molar-refractivity contribution in [2.45, 2.75) is 24.2 Å². The number of alkyl halides is 5. The van der Waals surface area contributed by atoms with Crippen LogP contribution < -0.4 is 10.5 Å². The van der Waals surface area contributed by atoms with Gasteiger partial charge < -0.3 is 10.5 Å². The highest BCUT2D eigenvalue weighted by atomic mass is 35.7. The van der Waals surface area contributed by atoms with Crippen molar-refractivity contribution in [3.8, 4) is 5.88 Å². The Morgan fingerprint density at radius 1 is 1.40 bits per heavy atom. The lowest BCUT2D eigenvalue weighted by atomic mass is 10.2. The lowest BCUT2D eigenvalue weighted by Gasteiger charge is -2.14. The van der Waals surface area contributed by atoms with Gasteiger partial charge in [-0.15, -0.1) is 13.2 Å². The Morgan fingerprint density at radius 3 is 2.30 bits per heavy atom. The van der Waals surface area contributed by atoms with Gasteiger partial charge in [-0.1, -0.05) is 0 Å². The Kier molecular flexibility index (Phi) is 4.77. The first kappa shape index (κ1) is 16.9. The van der Waals surface area contributed by atoms with Crippen LogP contribution in [-0.4, -0.2) is 19.8 Å². The van der Waals surface area contributed by atoms with Crippen molar-refractivity contribution < 1.29 is 35.1 Å². The van der Waals surface area contributed by atoms with E-state index in [1.165, 1.54) is 0 Å². The van der Waals surface area contributed by atoms with Crippen LogP contribution in [0.4, 0.5) is 22.0 Å². The van der Waals surface area contributed by atoms with Gasteiger partial charge in [-0.25, -0.2) is 22.2 Å². The average molecular weight is 341 g/mol. The van der Waals surface area contributed by atoms with Crippen LogP contribution in [0.1, 0.15) is 17.7 Å². The Labute approximate surface area is 113 Å². The molecule has 0 saturated heterocycles. The molecule has 2 N–H and O–H groups in total. The van der Waals surface area contributed by atoms with E-state index in [1.54, 1.807) is 0 Å². The third kappa shape index (κ3) is 4.15. The van der Waals surface area contributed by atoms with Gasteiger partial charge in [0.05, 0.1) is 0 Å². The van der Waals surface area contributed by atoms with E-state index >= 15 is 0 Å². The van der Waals surface area contributed by atoms with Crippen molar-refractivity contribution in [2.24, 2.45) is 5.73 Å². The first-order chi connectivity index (χ1) is 8.95. The molecule has 5 nitrogen and oxygen atoms in total. The fraction of sp³-hybridized carbons (Fsp3) is 0.375. The molecule has 1 heterocycles. The molecule has 0 saturated carbocycles. The van der Waals surface area contributed by atoms with Gasteiger partial charge in [-0.2, -0.15) is 0 Å². The minimum atomic E-state index is -5.20. The minimum Gasteiger partial charge on any atom is -0.388 e. The molecule has 0 atom stereocenters. The molecule has 1 aromatic heterocycles. The van der Waals surface area contributed by atoms with Gasteiger partial charge >= 0.3 is 6.36 Å². The lowest BCUT2D eigenvalue weighted by Crippen LogP contribution is -2.21. The van der Waals surface area contributed by atoms with E-state index in [0.717, 1.165) is 0 Å². The topological polar surface area (TPSA) is 82.3 Å². The molecule has 12 heteroatoms. The highest BCUT2D eigenvalue weighted by Crippen LogP contribution is 2.33. The van der Waals surface area contributed by atoms with Crippen molar-refractivity contribution in [1.82, 2.24) is 4.98 Å². The monoisotopic (exact) mass is 340 g/mol. The zero-order chi connectivity index (χ0) is 15.7. The number of nitrogens with two attached hydrogens (primary N) is 1. The molecule has 0 amide bonds. The van der Waals surface area contributed by atoms with Crippen LogP contribution in [0, 0.1) is 0 Å². The second-order valence-electron chi connectivity index (χ2n) is 3.33. The SMILES string of the molecule is NCc1cc(S(=O)(=O)Cl)c(C(F)F)nc1OC(F)(F)F. The number of halogens is 6. The maximum Gasteiger partial charge on any atom is 0.574 e. The largest absolute Gasteiger partial charge is 0.574 e. The first-order valence-electron chi connectivity index (χ1n) is 4.68. The van der Waals surface area contributed by atoms with Gasteiger partial charge in [0.2, 0.25) is 5.88 Å². The normalized spacial score (nSPS) is 12.8. The third-order valence-electron chi connectivity index (χ3n) is 1.96. The summed E-state index contributed by atoms with van der Waals surface area (Å²) in [5.74, 6) is -1.25. The highest BCUT2D eigenvalue weighted by molar-refractivity contribution is 8.13. The van der Waals surface area contributed by atoms with Crippen molar-refractivity contribution in [1.29, 1.82) is 0 Å². The zero-order valence-electron chi connectivity index (χ0n) is 9.29. The lowest BCUT2D eigenvalue weighted by molar-refractivity contribution is -0.276. The predicted molar refractivity (Wildman–Crippen MR) is 56.8 cm³/mol. The fourth-order valence-corrected chi connectivity index (χ4v) is 2.26. The molecular formula is C8H6ClF5N2O3S. The summed E-state index contributed by atoms with van der Waals surface area (Å²) in [5.41, 5.74) is 3.11. The highest BCUT2D eigenvalue weighted by Gasteiger charge is 2.35. The van der Waals surface area contributed by atoms with E-state index in [9.17, 15) is 30.4 Å². The van der Waals surface area contributed by atoms with Gasteiger partial charge in [0, 0.05) is 22.8 Å². The van der Waals surface area contributed by atoms with E-state index in [-0.39, 0.29) is 0 Å². The number of hydrogen-bond acceptors (Lipinski definition) is 5. The maximum absolute atomic E-state index is 12.7. The molecule has 0 aromatic carbocycles. The molecule has 0 bridgehead atoms. The zero-order valence-corrected chi connectivity index (χ0v) is 10.9. The summed E-state index contributed by atoms with van der Waals surface area (Å²) in [4.78, 5) is 1.74. The van der Waals surface area contributed by atoms with Gasteiger partial charge in [-0.05, 0) is 6.07 Å². The van der Waals surface area contributed by atoms with Crippen molar-refractivity contribution in [3.63, 3.8) is 0 Å². The summed E-state index contributed by atoms with van der Waals surface area (Å²) in [6.45, 7) is -0.624. The number of aromatic nitrogens is 1. The van der Waals surface area contributed by atoms with E-state index < -0.39 is 50.4 Å². The van der Waals surface area contributed by atoms with Crippen LogP contribution in [0.15, 0.2) is 11.0 Å². The Hall–Kier alpha value is -1.20. The molecule has 0 radical (unpaired) electrons. The molecule has 0 fully saturated rings. The first-order valence-corrected chi connectivity index (χ1v) is 6.99. The summed E-state index contributed by atoms with van der Waals surface area (Å²) in [5, 5.41) is 0. The molecule has 20 heavy (non-hydrogen) atoms. The van der Waals surface area contributed by atoms with Crippen LogP contribution >= 0.6 is 10.7 Å². The minimum absolute atomic E-state index is 0.470. The molecule has 1 rings (SSSR count). The third-order valence-corrected chi connectivity index (χ3v) is 3.31. The molecule has 1 aromatic rings. The Bertz CT molecular complexity index is 605. The molecular weight excluding hydrogens is 335 g/mol. The number of rotatable bonds is 4. The van der Waals surface area contributed by atoms with Gasteiger partial charge in [-0.3, -0.25) is 0 Å². The van der Waals surface area contributed by atoms with E-state index in [1.807, 2.05) is 0 Å². The fourth-order valence-electron chi connectivity index (χ4n) is 1.23. The average Bonchev–Trinajstić information content (AvgIpc) is 2.24. The summed E-state index contributed by atoms with van der Waals surface area (Å²) >= 11 is 0. The standard InChI is InChI=1S/C8H6ClF5N2O3S/c9-20(17,18)4-1-3(2-15)7(19-8(12,13)14)16-5(4)6(10)11/h1,6H,2,15H2. The second-order valence-corrected chi connectivity index (χ2v) is 5.86. The molecule has 0 unspecified atom stereocenters. The van der Waals surface area contributed by atoms with Crippen molar-refractivity contribution in [3.05, 3.63) is 17.3 Å². The molecule has 0 aliphatic rings. The summed E-state index contributed by atoms with van der Waals surface area (Å²) in [6, 6.07) is 0.470. The molecule has 0 spiro atoms. The van der Waals surface area contributed by atoms with Crippen LogP contribution in [0.2, 0.25) is 0 Å².